The fraction of sp³-hybridized carbons (Fsp3) is 0.281. The minimum absolute atomic E-state index is 0.0151. The summed E-state index contributed by atoms with van der Waals surface area (Å²) in [6.45, 7) is 9.28. The van der Waals surface area contributed by atoms with Crippen LogP contribution >= 0.6 is 0 Å². The van der Waals surface area contributed by atoms with Crippen LogP contribution in [-0.2, 0) is 14.3 Å². The van der Waals surface area contributed by atoms with Crippen molar-refractivity contribution < 1.29 is 34.1 Å². The molecule has 1 unspecified atom stereocenters. The number of methoxy groups -OCH3 is 1. The Balaban J connectivity index is 1.90. The van der Waals surface area contributed by atoms with E-state index >= 15 is 0 Å². The Morgan fingerprint density at radius 3 is 2.12 bits per heavy atom. The van der Waals surface area contributed by atoms with Gasteiger partial charge in [-0.1, -0.05) is 26.0 Å². The van der Waals surface area contributed by atoms with Gasteiger partial charge in [-0.05, 0) is 91.9 Å². The summed E-state index contributed by atoms with van der Waals surface area (Å²) >= 11 is 0. The van der Waals surface area contributed by atoms with E-state index in [9.17, 15) is 24.6 Å². The van der Waals surface area contributed by atoms with Gasteiger partial charge in [0.15, 0.2) is 0 Å². The number of Topliss-reactive ketones (excluding diaryl/α,β-unsaturated/α-hetero) is 1. The highest BCUT2D eigenvalue weighted by Crippen LogP contribution is 2.43. The standard InChI is InChI=1S/C32H33NO7/c1-17(2)24-16-25(19(5)15-26(24)39-6)29(35)27-28(20-9-13-23(34)14-10-20)33(31(37)30(27)36)22-11-7-21(8-12-22)32(38)40-18(3)4/h7-18,28,34-35H,1-6H3/b29-27+. The van der Waals surface area contributed by atoms with Gasteiger partial charge in [-0.3, -0.25) is 14.5 Å². The van der Waals surface area contributed by atoms with Gasteiger partial charge in [0.1, 0.15) is 17.3 Å². The molecule has 3 aromatic rings. The van der Waals surface area contributed by atoms with Gasteiger partial charge in [0.2, 0.25) is 0 Å². The highest BCUT2D eigenvalue weighted by atomic mass is 16.5. The second kappa shape index (κ2) is 11.3. The molecule has 1 amide bonds. The summed E-state index contributed by atoms with van der Waals surface area (Å²) in [7, 11) is 1.57. The molecule has 3 aromatic carbocycles. The summed E-state index contributed by atoms with van der Waals surface area (Å²) < 4.78 is 10.8. The van der Waals surface area contributed by atoms with Crippen LogP contribution in [0.4, 0.5) is 5.69 Å². The summed E-state index contributed by atoms with van der Waals surface area (Å²) in [4.78, 5) is 40.7. The van der Waals surface area contributed by atoms with Crippen molar-refractivity contribution in [3.63, 3.8) is 0 Å². The van der Waals surface area contributed by atoms with Crippen LogP contribution in [0, 0.1) is 6.92 Å². The highest BCUT2D eigenvalue weighted by molar-refractivity contribution is 6.51. The first-order chi connectivity index (χ1) is 18.9. The number of hydrogen-bond acceptors (Lipinski definition) is 7. The fourth-order valence-corrected chi connectivity index (χ4v) is 4.84. The Labute approximate surface area is 233 Å². The molecule has 1 aliphatic heterocycles. The molecular formula is C32H33NO7. The van der Waals surface area contributed by atoms with Crippen molar-refractivity contribution in [2.24, 2.45) is 0 Å². The van der Waals surface area contributed by atoms with E-state index in [1.54, 1.807) is 64.3 Å². The summed E-state index contributed by atoms with van der Waals surface area (Å²) in [6, 6.07) is 14.9. The fourth-order valence-electron chi connectivity index (χ4n) is 4.84. The molecule has 1 aliphatic rings. The maximum Gasteiger partial charge on any atom is 0.338 e. The quantitative estimate of drug-likeness (QED) is 0.162. The van der Waals surface area contributed by atoms with Gasteiger partial charge in [-0.2, -0.15) is 0 Å². The van der Waals surface area contributed by atoms with Crippen molar-refractivity contribution in [2.45, 2.75) is 52.7 Å². The SMILES string of the molecule is COc1cc(C)c(/C(O)=C2\C(=O)C(=O)N(c3ccc(C(=O)OC(C)C)cc3)C2c2ccc(O)cc2)cc1C(C)C. The number of hydrogen-bond donors (Lipinski definition) is 2. The third-order valence-electron chi connectivity index (χ3n) is 6.83. The molecule has 1 saturated heterocycles. The van der Waals surface area contributed by atoms with Crippen molar-refractivity contribution in [1.82, 2.24) is 0 Å². The Kier molecular flexibility index (Phi) is 8.00. The predicted octanol–water partition coefficient (Wildman–Crippen LogP) is 6.02. The van der Waals surface area contributed by atoms with Crippen LogP contribution in [0.2, 0.25) is 0 Å². The number of nitrogens with zero attached hydrogens (tertiary/aromatic N) is 1. The largest absolute Gasteiger partial charge is 0.508 e. The van der Waals surface area contributed by atoms with Gasteiger partial charge in [0.25, 0.3) is 11.7 Å². The highest BCUT2D eigenvalue weighted by Gasteiger charge is 2.47. The lowest BCUT2D eigenvalue weighted by Gasteiger charge is -2.26. The Morgan fingerprint density at radius 1 is 0.950 bits per heavy atom. The number of anilines is 1. The van der Waals surface area contributed by atoms with E-state index in [0.717, 1.165) is 5.56 Å². The average Bonchev–Trinajstić information content (AvgIpc) is 3.18. The van der Waals surface area contributed by atoms with Crippen LogP contribution in [0.5, 0.6) is 11.5 Å². The Morgan fingerprint density at radius 2 is 1.57 bits per heavy atom. The number of aryl methyl sites for hydroxylation is 1. The second-order valence-corrected chi connectivity index (χ2v) is 10.3. The number of phenolic OH excluding ortho intramolecular Hbond substituents is 1. The molecule has 0 spiro atoms. The number of amides is 1. The van der Waals surface area contributed by atoms with E-state index < -0.39 is 23.7 Å². The molecule has 2 N–H and O–H groups in total. The van der Waals surface area contributed by atoms with Gasteiger partial charge in [-0.25, -0.2) is 4.79 Å². The molecule has 0 bridgehead atoms. The molecule has 8 heteroatoms. The molecule has 8 nitrogen and oxygen atoms in total. The van der Waals surface area contributed by atoms with E-state index in [4.69, 9.17) is 9.47 Å². The first kappa shape index (κ1) is 28.4. The molecule has 4 rings (SSSR count). The minimum Gasteiger partial charge on any atom is -0.508 e. The third-order valence-corrected chi connectivity index (χ3v) is 6.83. The lowest BCUT2D eigenvalue weighted by molar-refractivity contribution is -0.132. The molecular weight excluding hydrogens is 510 g/mol. The summed E-state index contributed by atoms with van der Waals surface area (Å²) in [6.07, 6.45) is -0.294. The normalized spacial score (nSPS) is 16.6. The van der Waals surface area contributed by atoms with Gasteiger partial charge in [0.05, 0.1) is 30.4 Å². The third kappa shape index (κ3) is 5.30. The number of carbonyl (C=O) groups excluding carboxylic acids is 3. The molecule has 0 aliphatic carbocycles. The molecule has 0 radical (unpaired) electrons. The molecule has 0 aromatic heterocycles. The number of ketones is 1. The summed E-state index contributed by atoms with van der Waals surface area (Å²) in [5.41, 5.74) is 3.01. The van der Waals surface area contributed by atoms with Crippen molar-refractivity contribution >= 4 is 29.1 Å². The number of phenols is 1. The molecule has 1 atom stereocenters. The Bertz CT molecular complexity index is 1480. The van der Waals surface area contributed by atoms with Crippen LogP contribution in [0.1, 0.15) is 72.3 Å². The number of ether oxygens (including phenoxy) is 2. The van der Waals surface area contributed by atoms with E-state index in [1.807, 2.05) is 13.8 Å². The molecule has 1 fully saturated rings. The van der Waals surface area contributed by atoms with E-state index in [0.29, 0.717) is 33.7 Å². The maximum atomic E-state index is 13.5. The van der Waals surface area contributed by atoms with Crippen molar-refractivity contribution in [1.29, 1.82) is 0 Å². The molecule has 1 heterocycles. The van der Waals surface area contributed by atoms with Crippen LogP contribution in [0.15, 0.2) is 66.2 Å². The maximum absolute atomic E-state index is 13.5. The van der Waals surface area contributed by atoms with Crippen LogP contribution < -0.4 is 9.64 Å². The number of carbonyl (C=O) groups is 3. The second-order valence-electron chi connectivity index (χ2n) is 10.3. The lowest BCUT2D eigenvalue weighted by atomic mass is 9.91. The summed E-state index contributed by atoms with van der Waals surface area (Å²) in [5, 5.41) is 21.5. The van der Waals surface area contributed by atoms with Crippen molar-refractivity contribution in [3.8, 4) is 11.5 Å². The first-order valence-electron chi connectivity index (χ1n) is 13.0. The summed E-state index contributed by atoms with van der Waals surface area (Å²) in [5.74, 6) is -1.74. The number of aliphatic hydroxyl groups is 1. The molecule has 0 saturated carbocycles. The van der Waals surface area contributed by atoms with Crippen molar-refractivity contribution in [3.05, 3.63) is 94.1 Å². The van der Waals surface area contributed by atoms with Gasteiger partial charge < -0.3 is 19.7 Å². The van der Waals surface area contributed by atoms with E-state index in [2.05, 4.69) is 0 Å². The van der Waals surface area contributed by atoms with Gasteiger partial charge >= 0.3 is 5.97 Å². The number of rotatable bonds is 7. The smallest absolute Gasteiger partial charge is 0.338 e. The zero-order valence-corrected chi connectivity index (χ0v) is 23.4. The predicted molar refractivity (Wildman–Crippen MR) is 152 cm³/mol. The van der Waals surface area contributed by atoms with Gasteiger partial charge in [0, 0.05) is 11.3 Å². The van der Waals surface area contributed by atoms with Crippen LogP contribution in [0.25, 0.3) is 5.76 Å². The number of aromatic hydroxyl groups is 1. The number of benzene rings is 3. The molecule has 40 heavy (non-hydrogen) atoms. The van der Waals surface area contributed by atoms with Crippen LogP contribution in [-0.4, -0.2) is 41.1 Å². The lowest BCUT2D eigenvalue weighted by Crippen LogP contribution is -2.29. The van der Waals surface area contributed by atoms with Crippen molar-refractivity contribution in [2.75, 3.05) is 12.0 Å². The number of aliphatic hydroxyl groups excluding tert-OH is 1. The van der Waals surface area contributed by atoms with Gasteiger partial charge in [-0.15, -0.1) is 0 Å². The molecule has 208 valence electrons. The Hall–Kier alpha value is -4.59. The average molecular weight is 544 g/mol. The van der Waals surface area contributed by atoms with E-state index in [-0.39, 0.29) is 29.1 Å². The number of esters is 1. The minimum atomic E-state index is -0.988. The van der Waals surface area contributed by atoms with Crippen LogP contribution in [0.3, 0.4) is 0 Å². The topological polar surface area (TPSA) is 113 Å². The zero-order valence-electron chi connectivity index (χ0n) is 23.4. The first-order valence-corrected chi connectivity index (χ1v) is 13.0. The van der Waals surface area contributed by atoms with E-state index in [1.165, 1.54) is 29.2 Å². The zero-order chi connectivity index (χ0) is 29.3. The monoisotopic (exact) mass is 543 g/mol.